The Morgan fingerprint density at radius 1 is 1.10 bits per heavy atom. The second-order valence-electron chi connectivity index (χ2n) is 6.01. The highest BCUT2D eigenvalue weighted by atomic mass is 19.4. The van der Waals surface area contributed by atoms with E-state index in [1.807, 2.05) is 5.32 Å². The molecule has 2 rings (SSSR count). The van der Waals surface area contributed by atoms with Gasteiger partial charge in [0.2, 0.25) is 0 Å². The highest BCUT2D eigenvalue weighted by Gasteiger charge is 2.31. The van der Waals surface area contributed by atoms with Crippen molar-refractivity contribution in [1.82, 2.24) is 5.32 Å². The van der Waals surface area contributed by atoms with E-state index in [4.69, 9.17) is 0 Å². The number of para-hydroxylation sites is 1. The molecule has 0 spiro atoms. The highest BCUT2D eigenvalue weighted by molar-refractivity contribution is 5.87. The van der Waals surface area contributed by atoms with Gasteiger partial charge >= 0.3 is 12.1 Å². The molecule has 0 saturated heterocycles. The molecule has 0 fully saturated rings. The first-order valence-electron chi connectivity index (χ1n) is 8.11. The number of benzene rings is 2. The van der Waals surface area contributed by atoms with Crippen LogP contribution in [0.4, 0.5) is 18.9 Å². The molecule has 29 heavy (non-hydrogen) atoms. The van der Waals surface area contributed by atoms with E-state index in [-0.39, 0.29) is 16.8 Å². The van der Waals surface area contributed by atoms with E-state index in [1.54, 1.807) is 0 Å². The van der Waals surface area contributed by atoms with Gasteiger partial charge in [0.15, 0.2) is 6.10 Å². The topological polar surface area (TPSA) is 130 Å². The van der Waals surface area contributed by atoms with Gasteiger partial charge in [0, 0.05) is 18.1 Å². The minimum absolute atomic E-state index is 0.0502. The first kappa shape index (κ1) is 21.8. The number of hydrogen-bond donors (Lipinski definition) is 3. The number of hydrogen-bond acceptors (Lipinski definition) is 5. The number of aliphatic hydroxyl groups is 1. The number of carboxylic acids is 1. The Labute approximate surface area is 161 Å². The number of nitro groups is 1. The van der Waals surface area contributed by atoms with Crippen molar-refractivity contribution in [2.45, 2.75) is 24.7 Å². The maximum absolute atomic E-state index is 12.6. The third kappa shape index (κ3) is 5.51. The summed E-state index contributed by atoms with van der Waals surface area (Å²) in [4.78, 5) is 33.9. The Kier molecular flexibility index (Phi) is 6.54. The number of nitro benzene ring substituents is 1. The van der Waals surface area contributed by atoms with Crippen molar-refractivity contribution in [2.75, 3.05) is 0 Å². The van der Waals surface area contributed by atoms with E-state index in [0.717, 1.165) is 12.1 Å². The molecular weight excluding hydrogens is 397 g/mol. The van der Waals surface area contributed by atoms with Crippen molar-refractivity contribution in [3.8, 4) is 0 Å². The maximum atomic E-state index is 12.6. The smallest absolute Gasteiger partial charge is 0.416 e. The first-order chi connectivity index (χ1) is 13.5. The van der Waals surface area contributed by atoms with Crippen LogP contribution in [-0.2, 0) is 22.2 Å². The van der Waals surface area contributed by atoms with Crippen LogP contribution in [0.15, 0.2) is 48.5 Å². The number of alkyl halides is 3. The number of rotatable bonds is 7. The van der Waals surface area contributed by atoms with E-state index >= 15 is 0 Å². The summed E-state index contributed by atoms with van der Waals surface area (Å²) >= 11 is 0. The third-order valence-electron chi connectivity index (χ3n) is 4.03. The lowest BCUT2D eigenvalue weighted by Gasteiger charge is -2.18. The molecule has 2 aromatic carbocycles. The lowest BCUT2D eigenvalue weighted by Crippen LogP contribution is -2.44. The Morgan fingerprint density at radius 3 is 2.21 bits per heavy atom. The molecule has 2 atom stereocenters. The zero-order valence-electron chi connectivity index (χ0n) is 14.6. The monoisotopic (exact) mass is 412 g/mol. The zero-order valence-corrected chi connectivity index (χ0v) is 14.6. The average molecular weight is 412 g/mol. The summed E-state index contributed by atoms with van der Waals surface area (Å²) in [6, 6.07) is 6.88. The van der Waals surface area contributed by atoms with Crippen LogP contribution in [-0.4, -0.2) is 33.1 Å². The molecule has 0 aliphatic carbocycles. The van der Waals surface area contributed by atoms with E-state index in [1.165, 1.54) is 24.3 Å². The summed E-state index contributed by atoms with van der Waals surface area (Å²) in [6.07, 6.45) is -6.95. The summed E-state index contributed by atoms with van der Waals surface area (Å²) in [7, 11) is 0. The second-order valence-corrected chi connectivity index (χ2v) is 6.01. The standard InChI is InChI=1S/C18H15F3N2O6/c19-18(20,21)12-7-5-10(6-8-12)15(24)16(25)22-13(17(26)27)9-11-3-1-2-4-14(11)23(28)29/h1-8,13,15,24H,9H2,(H,22,25)(H,26,27)/t13-,15+/m1/s1. The van der Waals surface area contributed by atoms with Gasteiger partial charge in [-0.25, -0.2) is 4.79 Å². The SMILES string of the molecule is O=C(N[C@H](Cc1ccccc1[N+](=O)[O-])C(=O)O)[C@@H](O)c1ccc(C(F)(F)F)cc1. The molecule has 3 N–H and O–H groups in total. The van der Waals surface area contributed by atoms with Crippen LogP contribution in [0.25, 0.3) is 0 Å². The molecule has 8 nitrogen and oxygen atoms in total. The first-order valence-corrected chi connectivity index (χ1v) is 8.11. The van der Waals surface area contributed by atoms with Crippen LogP contribution in [0.1, 0.15) is 22.8 Å². The predicted molar refractivity (Wildman–Crippen MR) is 92.8 cm³/mol. The molecule has 0 aliphatic heterocycles. The summed E-state index contributed by atoms with van der Waals surface area (Å²) < 4.78 is 37.7. The van der Waals surface area contributed by atoms with Gasteiger partial charge in [-0.1, -0.05) is 30.3 Å². The van der Waals surface area contributed by atoms with E-state index in [9.17, 15) is 43.1 Å². The fourth-order valence-corrected chi connectivity index (χ4v) is 2.54. The summed E-state index contributed by atoms with van der Waals surface area (Å²) in [6.45, 7) is 0. The molecule has 0 bridgehead atoms. The molecule has 0 saturated carbocycles. The van der Waals surface area contributed by atoms with Crippen molar-refractivity contribution in [1.29, 1.82) is 0 Å². The molecule has 154 valence electrons. The zero-order chi connectivity index (χ0) is 21.8. The molecule has 2 aromatic rings. The lowest BCUT2D eigenvalue weighted by molar-refractivity contribution is -0.385. The number of carbonyl (C=O) groups excluding carboxylic acids is 1. The highest BCUT2D eigenvalue weighted by Crippen LogP contribution is 2.30. The van der Waals surface area contributed by atoms with Crippen LogP contribution >= 0.6 is 0 Å². The Morgan fingerprint density at radius 2 is 1.69 bits per heavy atom. The molecule has 0 radical (unpaired) electrons. The normalized spacial score (nSPS) is 13.4. The number of aliphatic hydroxyl groups excluding tert-OH is 1. The molecule has 0 heterocycles. The predicted octanol–water partition coefficient (Wildman–Crippen LogP) is 2.46. The number of halogens is 3. The quantitative estimate of drug-likeness (QED) is 0.473. The summed E-state index contributed by atoms with van der Waals surface area (Å²) in [5.41, 5.74) is -1.44. The van der Waals surface area contributed by atoms with Crippen LogP contribution in [0.3, 0.4) is 0 Å². The van der Waals surface area contributed by atoms with E-state index < -0.39 is 47.1 Å². The van der Waals surface area contributed by atoms with Gasteiger partial charge in [0.05, 0.1) is 10.5 Å². The van der Waals surface area contributed by atoms with Gasteiger partial charge < -0.3 is 15.5 Å². The minimum Gasteiger partial charge on any atom is -0.480 e. The number of carboxylic acid groups (broad SMARTS) is 1. The molecule has 0 unspecified atom stereocenters. The van der Waals surface area contributed by atoms with Gasteiger partial charge in [-0.2, -0.15) is 13.2 Å². The van der Waals surface area contributed by atoms with Crippen molar-refractivity contribution < 1.29 is 37.9 Å². The van der Waals surface area contributed by atoms with Crippen LogP contribution in [0.2, 0.25) is 0 Å². The lowest BCUT2D eigenvalue weighted by atomic mass is 10.0. The molecule has 0 aliphatic rings. The largest absolute Gasteiger partial charge is 0.480 e. The van der Waals surface area contributed by atoms with E-state index in [2.05, 4.69) is 0 Å². The van der Waals surface area contributed by atoms with Crippen LogP contribution in [0, 0.1) is 10.1 Å². The molecule has 1 amide bonds. The Bertz CT molecular complexity index is 915. The summed E-state index contributed by atoms with van der Waals surface area (Å²) in [5.74, 6) is -2.67. The van der Waals surface area contributed by atoms with Crippen LogP contribution in [0.5, 0.6) is 0 Å². The number of nitrogens with zero attached hydrogens (tertiary/aromatic N) is 1. The molecule has 0 aromatic heterocycles. The van der Waals surface area contributed by atoms with Crippen molar-refractivity contribution in [3.63, 3.8) is 0 Å². The van der Waals surface area contributed by atoms with Gasteiger partial charge in [-0.15, -0.1) is 0 Å². The number of aliphatic carboxylic acids is 1. The second kappa shape index (κ2) is 8.69. The van der Waals surface area contributed by atoms with Gasteiger partial charge in [0.1, 0.15) is 6.04 Å². The van der Waals surface area contributed by atoms with Crippen molar-refractivity contribution in [2.24, 2.45) is 0 Å². The average Bonchev–Trinajstić information content (AvgIpc) is 2.66. The number of carbonyl (C=O) groups is 2. The van der Waals surface area contributed by atoms with Crippen molar-refractivity contribution in [3.05, 3.63) is 75.3 Å². The fourth-order valence-electron chi connectivity index (χ4n) is 2.54. The molecule has 11 heteroatoms. The fraction of sp³-hybridized carbons (Fsp3) is 0.222. The Balaban J connectivity index is 2.15. The molecular formula is C18H15F3N2O6. The number of amides is 1. The third-order valence-corrected chi connectivity index (χ3v) is 4.03. The maximum Gasteiger partial charge on any atom is 0.416 e. The summed E-state index contributed by atoms with van der Waals surface area (Å²) in [5, 5.41) is 32.4. The van der Waals surface area contributed by atoms with Gasteiger partial charge in [-0.05, 0) is 17.7 Å². The van der Waals surface area contributed by atoms with Gasteiger partial charge in [-0.3, -0.25) is 14.9 Å². The van der Waals surface area contributed by atoms with Crippen molar-refractivity contribution >= 4 is 17.6 Å². The van der Waals surface area contributed by atoms with Crippen LogP contribution < -0.4 is 5.32 Å². The number of nitrogens with one attached hydrogen (secondary N) is 1. The van der Waals surface area contributed by atoms with E-state index in [0.29, 0.717) is 12.1 Å². The van der Waals surface area contributed by atoms with Gasteiger partial charge in [0.25, 0.3) is 11.6 Å². The minimum atomic E-state index is -4.59. The Hall–Kier alpha value is -3.47.